The van der Waals surface area contributed by atoms with Gasteiger partial charge in [-0.3, -0.25) is 4.79 Å². The number of amides is 1. The molecule has 0 saturated heterocycles. The smallest absolute Gasteiger partial charge is 0.228 e. The predicted octanol–water partition coefficient (Wildman–Crippen LogP) is 4.57. The van der Waals surface area contributed by atoms with E-state index >= 15 is 0 Å². The average Bonchev–Trinajstić information content (AvgIpc) is 2.59. The minimum absolute atomic E-state index is 0.0314. The lowest BCUT2D eigenvalue weighted by Gasteiger charge is -2.22. The number of nitrogens with one attached hydrogen (secondary N) is 2. The van der Waals surface area contributed by atoms with Gasteiger partial charge >= 0.3 is 0 Å². The van der Waals surface area contributed by atoms with Crippen LogP contribution in [0.4, 0.5) is 22.9 Å². The SMILES string of the molecule is CCN(CC)c1ccc(Nc2ccc(NC(=O)C(C)C)nc2)c(C)c1. The maximum Gasteiger partial charge on any atom is 0.228 e. The number of rotatable bonds is 7. The Labute approximate surface area is 150 Å². The Bertz CT molecular complexity index is 706. The zero-order chi connectivity index (χ0) is 18.4. The highest BCUT2D eigenvalue weighted by Crippen LogP contribution is 2.25. The molecule has 2 rings (SSSR count). The Morgan fingerprint density at radius 2 is 1.88 bits per heavy atom. The van der Waals surface area contributed by atoms with E-state index in [-0.39, 0.29) is 11.8 Å². The lowest BCUT2D eigenvalue weighted by Crippen LogP contribution is -2.21. The van der Waals surface area contributed by atoms with Crippen molar-refractivity contribution < 1.29 is 4.79 Å². The van der Waals surface area contributed by atoms with E-state index in [1.807, 2.05) is 26.0 Å². The van der Waals surface area contributed by atoms with Crippen LogP contribution in [0.2, 0.25) is 0 Å². The molecule has 2 N–H and O–H groups in total. The van der Waals surface area contributed by atoms with E-state index < -0.39 is 0 Å². The molecule has 1 aromatic heterocycles. The molecule has 0 radical (unpaired) electrons. The van der Waals surface area contributed by atoms with Crippen molar-refractivity contribution in [3.8, 4) is 0 Å². The fourth-order valence-electron chi connectivity index (χ4n) is 2.54. The van der Waals surface area contributed by atoms with Crippen LogP contribution in [0.15, 0.2) is 36.5 Å². The topological polar surface area (TPSA) is 57.3 Å². The van der Waals surface area contributed by atoms with Gasteiger partial charge in [0.2, 0.25) is 5.91 Å². The number of pyridine rings is 1. The van der Waals surface area contributed by atoms with E-state index in [2.05, 4.69) is 59.5 Å². The summed E-state index contributed by atoms with van der Waals surface area (Å²) in [5.41, 5.74) is 4.36. The van der Waals surface area contributed by atoms with Crippen LogP contribution in [-0.4, -0.2) is 24.0 Å². The first-order chi connectivity index (χ1) is 11.9. The first-order valence-corrected chi connectivity index (χ1v) is 8.84. The number of aromatic nitrogens is 1. The minimum atomic E-state index is -0.0634. The molecule has 5 heteroatoms. The van der Waals surface area contributed by atoms with Crippen molar-refractivity contribution >= 4 is 28.8 Å². The molecule has 25 heavy (non-hydrogen) atoms. The number of anilines is 4. The molecule has 5 nitrogen and oxygen atoms in total. The number of carbonyl (C=O) groups excluding carboxylic acids is 1. The molecule has 0 aliphatic heterocycles. The van der Waals surface area contributed by atoms with E-state index in [0.29, 0.717) is 5.82 Å². The lowest BCUT2D eigenvalue weighted by molar-refractivity contribution is -0.118. The highest BCUT2D eigenvalue weighted by molar-refractivity contribution is 5.91. The summed E-state index contributed by atoms with van der Waals surface area (Å²) >= 11 is 0. The highest BCUT2D eigenvalue weighted by Gasteiger charge is 2.08. The molecule has 134 valence electrons. The van der Waals surface area contributed by atoms with Crippen molar-refractivity contribution in [2.45, 2.75) is 34.6 Å². The van der Waals surface area contributed by atoms with Crippen molar-refractivity contribution in [2.75, 3.05) is 28.6 Å². The van der Waals surface area contributed by atoms with Gasteiger partial charge in [0.15, 0.2) is 0 Å². The molecule has 0 fully saturated rings. The maximum atomic E-state index is 11.7. The molecule has 1 heterocycles. The van der Waals surface area contributed by atoms with Crippen molar-refractivity contribution in [2.24, 2.45) is 5.92 Å². The molecule has 1 amide bonds. The molecule has 1 aromatic carbocycles. The highest BCUT2D eigenvalue weighted by atomic mass is 16.1. The number of carbonyl (C=O) groups is 1. The molecule has 0 unspecified atom stereocenters. The van der Waals surface area contributed by atoms with Crippen LogP contribution in [0.1, 0.15) is 33.3 Å². The molecule has 0 aliphatic carbocycles. The van der Waals surface area contributed by atoms with Crippen molar-refractivity contribution in [3.63, 3.8) is 0 Å². The van der Waals surface area contributed by atoms with Crippen LogP contribution in [0, 0.1) is 12.8 Å². The second kappa shape index (κ2) is 8.51. The predicted molar refractivity (Wildman–Crippen MR) is 106 cm³/mol. The van der Waals surface area contributed by atoms with E-state index in [0.717, 1.165) is 24.5 Å². The third kappa shape index (κ3) is 4.95. The Balaban J connectivity index is 2.08. The zero-order valence-electron chi connectivity index (χ0n) is 15.8. The Morgan fingerprint density at radius 1 is 1.16 bits per heavy atom. The van der Waals surface area contributed by atoms with Crippen molar-refractivity contribution in [3.05, 3.63) is 42.1 Å². The van der Waals surface area contributed by atoms with E-state index in [9.17, 15) is 4.79 Å². The molecule has 0 bridgehead atoms. The summed E-state index contributed by atoms with van der Waals surface area (Å²) in [6, 6.07) is 10.1. The van der Waals surface area contributed by atoms with Crippen LogP contribution in [0.25, 0.3) is 0 Å². The summed E-state index contributed by atoms with van der Waals surface area (Å²) < 4.78 is 0. The van der Waals surface area contributed by atoms with Gasteiger partial charge in [0, 0.05) is 30.4 Å². The van der Waals surface area contributed by atoms with Gasteiger partial charge in [0.05, 0.1) is 11.9 Å². The third-order valence-corrected chi connectivity index (χ3v) is 4.16. The van der Waals surface area contributed by atoms with Gasteiger partial charge in [-0.2, -0.15) is 0 Å². The van der Waals surface area contributed by atoms with Gasteiger partial charge in [0.1, 0.15) is 5.82 Å². The fourth-order valence-corrected chi connectivity index (χ4v) is 2.54. The standard InChI is InChI=1S/C20H28N4O/c1-6-24(7-2)17-9-10-18(15(5)12-17)22-16-8-11-19(21-13-16)23-20(25)14(3)4/h8-14,22H,6-7H2,1-5H3,(H,21,23,25). The fraction of sp³-hybridized carbons (Fsp3) is 0.400. The molecule has 0 atom stereocenters. The monoisotopic (exact) mass is 340 g/mol. The van der Waals surface area contributed by atoms with E-state index in [1.54, 1.807) is 6.20 Å². The maximum absolute atomic E-state index is 11.7. The van der Waals surface area contributed by atoms with Gasteiger partial charge in [-0.1, -0.05) is 13.8 Å². The Morgan fingerprint density at radius 3 is 2.40 bits per heavy atom. The molecular weight excluding hydrogens is 312 g/mol. The minimum Gasteiger partial charge on any atom is -0.372 e. The quantitative estimate of drug-likeness (QED) is 0.775. The first-order valence-electron chi connectivity index (χ1n) is 8.84. The molecule has 2 aromatic rings. The Kier molecular flexibility index (Phi) is 6.39. The van der Waals surface area contributed by atoms with Crippen LogP contribution >= 0.6 is 0 Å². The summed E-state index contributed by atoms with van der Waals surface area (Å²) in [5, 5.41) is 6.18. The normalized spacial score (nSPS) is 10.6. The van der Waals surface area contributed by atoms with Crippen LogP contribution in [-0.2, 0) is 4.79 Å². The van der Waals surface area contributed by atoms with Crippen LogP contribution < -0.4 is 15.5 Å². The summed E-state index contributed by atoms with van der Waals surface area (Å²) in [7, 11) is 0. The van der Waals surface area contributed by atoms with E-state index in [1.165, 1.54) is 11.3 Å². The summed E-state index contributed by atoms with van der Waals surface area (Å²) in [4.78, 5) is 18.3. The largest absolute Gasteiger partial charge is 0.372 e. The van der Waals surface area contributed by atoms with Gasteiger partial charge in [0.25, 0.3) is 0 Å². The zero-order valence-corrected chi connectivity index (χ0v) is 15.8. The molecular formula is C20H28N4O. The number of hydrogen-bond donors (Lipinski definition) is 2. The van der Waals surface area contributed by atoms with Crippen molar-refractivity contribution in [1.29, 1.82) is 0 Å². The molecule has 0 saturated carbocycles. The van der Waals surface area contributed by atoms with E-state index in [4.69, 9.17) is 0 Å². The summed E-state index contributed by atoms with van der Waals surface area (Å²) in [5.74, 6) is 0.473. The van der Waals surface area contributed by atoms with Gasteiger partial charge in [-0.15, -0.1) is 0 Å². The number of hydrogen-bond acceptors (Lipinski definition) is 4. The molecule has 0 aliphatic rings. The van der Waals surface area contributed by atoms with Gasteiger partial charge in [-0.05, 0) is 56.7 Å². The van der Waals surface area contributed by atoms with Crippen molar-refractivity contribution in [1.82, 2.24) is 4.98 Å². The lowest BCUT2D eigenvalue weighted by atomic mass is 10.1. The third-order valence-electron chi connectivity index (χ3n) is 4.16. The van der Waals surface area contributed by atoms with Gasteiger partial charge in [-0.25, -0.2) is 4.98 Å². The average molecular weight is 340 g/mol. The second-order valence-electron chi connectivity index (χ2n) is 6.37. The summed E-state index contributed by atoms with van der Waals surface area (Å²) in [6.45, 7) is 12.1. The second-order valence-corrected chi connectivity index (χ2v) is 6.37. The van der Waals surface area contributed by atoms with Crippen LogP contribution in [0.3, 0.4) is 0 Å². The van der Waals surface area contributed by atoms with Gasteiger partial charge < -0.3 is 15.5 Å². The first kappa shape index (κ1) is 18.8. The number of aryl methyl sites for hydroxylation is 1. The summed E-state index contributed by atoms with van der Waals surface area (Å²) in [6.07, 6.45) is 1.73. The number of benzene rings is 1. The molecule has 0 spiro atoms. The Hall–Kier alpha value is -2.56. The van der Waals surface area contributed by atoms with Crippen LogP contribution in [0.5, 0.6) is 0 Å². The number of nitrogens with zero attached hydrogens (tertiary/aromatic N) is 2.